The molecule has 0 saturated heterocycles. The van der Waals surface area contributed by atoms with Crippen LogP contribution in [0.15, 0.2) is 12.2 Å². The summed E-state index contributed by atoms with van der Waals surface area (Å²) in [7, 11) is 0. The summed E-state index contributed by atoms with van der Waals surface area (Å²) >= 11 is 3.50. The smallest absolute Gasteiger partial charge is 0.0816 e. The second-order valence-corrected chi connectivity index (χ2v) is 1.49. The zero-order valence-corrected chi connectivity index (χ0v) is 4.66. The Labute approximate surface area is 43.6 Å². The van der Waals surface area contributed by atoms with Gasteiger partial charge in [0.15, 0.2) is 0 Å². The quantitative estimate of drug-likeness (QED) is 0.317. The van der Waals surface area contributed by atoms with Gasteiger partial charge in [0.2, 0.25) is 0 Å². The van der Waals surface area contributed by atoms with Crippen molar-refractivity contribution < 1.29 is 4.18 Å². The number of hydrogen-bond donors (Lipinski definition) is 1. The number of rotatable bonds is 2. The first kappa shape index (κ1) is 6.05. The van der Waals surface area contributed by atoms with Crippen LogP contribution in [0.3, 0.4) is 0 Å². The van der Waals surface area contributed by atoms with Gasteiger partial charge < -0.3 is 4.18 Å². The fourth-order valence-corrected chi connectivity index (χ4v) is 0.331. The van der Waals surface area contributed by atoms with E-state index in [1.165, 1.54) is 0 Å². The summed E-state index contributed by atoms with van der Waals surface area (Å²) in [5, 5.41) is 0. The average molecular weight is 104 g/mol. The second-order valence-electron chi connectivity index (χ2n) is 1.23. The minimum atomic E-state index is 0.545. The summed E-state index contributed by atoms with van der Waals surface area (Å²) in [5.74, 6) is 0. The van der Waals surface area contributed by atoms with Crippen LogP contribution in [0.1, 0.15) is 6.92 Å². The van der Waals surface area contributed by atoms with Crippen LogP contribution in [0, 0.1) is 0 Å². The maximum Gasteiger partial charge on any atom is 0.0816 e. The van der Waals surface area contributed by atoms with Crippen LogP contribution in [0.2, 0.25) is 0 Å². The minimum Gasteiger partial charge on any atom is -0.314 e. The Kier molecular flexibility index (Phi) is 3.28. The van der Waals surface area contributed by atoms with E-state index in [-0.39, 0.29) is 0 Å². The molecule has 0 aliphatic carbocycles. The van der Waals surface area contributed by atoms with Gasteiger partial charge in [-0.25, -0.2) is 0 Å². The summed E-state index contributed by atoms with van der Waals surface area (Å²) in [5.41, 5.74) is 0.991. The van der Waals surface area contributed by atoms with Crippen molar-refractivity contribution in [2.45, 2.75) is 6.92 Å². The van der Waals surface area contributed by atoms with Crippen molar-refractivity contribution in [1.29, 1.82) is 0 Å². The van der Waals surface area contributed by atoms with Crippen molar-refractivity contribution in [1.82, 2.24) is 0 Å². The van der Waals surface area contributed by atoms with E-state index in [1.807, 2.05) is 6.92 Å². The van der Waals surface area contributed by atoms with Crippen LogP contribution in [-0.4, -0.2) is 6.61 Å². The van der Waals surface area contributed by atoms with Crippen molar-refractivity contribution in [2.75, 3.05) is 6.61 Å². The van der Waals surface area contributed by atoms with Gasteiger partial charge in [-0.1, -0.05) is 12.2 Å². The van der Waals surface area contributed by atoms with E-state index in [0.29, 0.717) is 6.61 Å². The van der Waals surface area contributed by atoms with Gasteiger partial charge in [0.05, 0.1) is 6.61 Å². The molecule has 0 amide bonds. The predicted octanol–water partition coefficient (Wildman–Crippen LogP) is 1.42. The molecule has 0 N–H and O–H groups in total. The first-order chi connectivity index (χ1) is 2.77. The largest absolute Gasteiger partial charge is 0.314 e. The highest BCUT2D eigenvalue weighted by Gasteiger charge is 1.76. The maximum atomic E-state index is 4.40. The highest BCUT2D eigenvalue weighted by Crippen LogP contribution is 1.87. The predicted molar refractivity (Wildman–Crippen MR) is 29.8 cm³/mol. The Balaban J connectivity index is 2.83. The Hall–Kier alpha value is 0.0500. The topological polar surface area (TPSA) is 9.23 Å². The average Bonchev–Trinajstić information content (AvgIpc) is 1.35. The van der Waals surface area contributed by atoms with E-state index < -0.39 is 0 Å². The Bertz CT molecular complexity index is 51.5. The third kappa shape index (κ3) is 4.05. The molecule has 1 nitrogen and oxygen atoms in total. The molecule has 0 unspecified atom stereocenters. The third-order valence-electron chi connectivity index (χ3n) is 0.311. The van der Waals surface area contributed by atoms with E-state index in [1.54, 1.807) is 0 Å². The molecule has 0 bridgehead atoms. The fraction of sp³-hybridized carbons (Fsp3) is 0.500. The van der Waals surface area contributed by atoms with Gasteiger partial charge in [-0.15, -0.1) is 0 Å². The van der Waals surface area contributed by atoms with E-state index >= 15 is 0 Å². The van der Waals surface area contributed by atoms with Gasteiger partial charge in [0.1, 0.15) is 0 Å². The van der Waals surface area contributed by atoms with E-state index in [9.17, 15) is 0 Å². The van der Waals surface area contributed by atoms with Crippen LogP contribution in [0.4, 0.5) is 0 Å². The van der Waals surface area contributed by atoms with Crippen LogP contribution in [-0.2, 0) is 4.18 Å². The summed E-state index contributed by atoms with van der Waals surface area (Å²) in [6.45, 7) is 6.00. The molecule has 0 radical (unpaired) electrons. The number of hydrogen-bond acceptors (Lipinski definition) is 2. The van der Waals surface area contributed by atoms with Gasteiger partial charge >= 0.3 is 0 Å². The van der Waals surface area contributed by atoms with Gasteiger partial charge in [-0.2, -0.15) is 0 Å². The molecule has 0 rings (SSSR count). The minimum absolute atomic E-state index is 0.545. The van der Waals surface area contributed by atoms with Crippen molar-refractivity contribution in [3.63, 3.8) is 0 Å². The summed E-state index contributed by atoms with van der Waals surface area (Å²) in [6, 6.07) is 0. The molecule has 0 aliphatic rings. The normalized spacial score (nSPS) is 8.33. The fourth-order valence-electron chi connectivity index (χ4n) is 0.110. The van der Waals surface area contributed by atoms with Crippen molar-refractivity contribution in [3.8, 4) is 0 Å². The lowest BCUT2D eigenvalue weighted by Gasteiger charge is -1.88. The first-order valence-electron chi connectivity index (χ1n) is 1.68. The monoisotopic (exact) mass is 104 g/mol. The summed E-state index contributed by atoms with van der Waals surface area (Å²) in [4.78, 5) is 0. The molecule has 36 valence electrons. The Morgan fingerprint density at radius 2 is 2.50 bits per heavy atom. The first-order valence-corrected chi connectivity index (χ1v) is 2.04. The zero-order chi connectivity index (χ0) is 4.99. The molecule has 6 heavy (non-hydrogen) atoms. The summed E-state index contributed by atoms with van der Waals surface area (Å²) in [6.07, 6.45) is 0. The molecular weight excluding hydrogens is 96.1 g/mol. The summed E-state index contributed by atoms with van der Waals surface area (Å²) < 4.78 is 4.40. The van der Waals surface area contributed by atoms with Crippen LogP contribution in [0.25, 0.3) is 0 Å². The van der Waals surface area contributed by atoms with E-state index in [0.717, 1.165) is 5.57 Å². The molecule has 0 fully saturated rings. The SMILES string of the molecule is C=C(C)COS. The van der Waals surface area contributed by atoms with E-state index in [4.69, 9.17) is 0 Å². The molecule has 0 heterocycles. The Morgan fingerprint density at radius 3 is 2.50 bits per heavy atom. The van der Waals surface area contributed by atoms with Crippen molar-refractivity contribution >= 4 is 12.9 Å². The standard InChI is InChI=1S/C4H8OS/c1-4(2)3-5-6/h6H,1,3H2,2H3. The van der Waals surface area contributed by atoms with Crippen LogP contribution in [0.5, 0.6) is 0 Å². The molecule has 0 aromatic heterocycles. The number of thiol groups is 1. The van der Waals surface area contributed by atoms with Crippen LogP contribution >= 0.6 is 12.9 Å². The maximum absolute atomic E-state index is 4.40. The second kappa shape index (κ2) is 3.25. The molecule has 0 aromatic carbocycles. The molecule has 0 aliphatic heterocycles. The molecule has 2 heteroatoms. The molecule has 0 atom stereocenters. The highest BCUT2D eigenvalue weighted by atomic mass is 32.1. The molecule has 0 spiro atoms. The van der Waals surface area contributed by atoms with Gasteiger partial charge in [0.25, 0.3) is 0 Å². The van der Waals surface area contributed by atoms with Crippen molar-refractivity contribution in [3.05, 3.63) is 12.2 Å². The molecule has 0 saturated carbocycles. The van der Waals surface area contributed by atoms with Gasteiger partial charge in [0, 0.05) is 0 Å². The highest BCUT2D eigenvalue weighted by molar-refractivity contribution is 7.75. The van der Waals surface area contributed by atoms with Crippen molar-refractivity contribution in [2.24, 2.45) is 0 Å². The molecular formula is C4H8OS. The van der Waals surface area contributed by atoms with Crippen LogP contribution < -0.4 is 0 Å². The van der Waals surface area contributed by atoms with E-state index in [2.05, 4.69) is 23.7 Å². The van der Waals surface area contributed by atoms with Gasteiger partial charge in [-0.05, 0) is 19.8 Å². The lowest BCUT2D eigenvalue weighted by atomic mass is 10.4. The van der Waals surface area contributed by atoms with Gasteiger partial charge in [-0.3, -0.25) is 0 Å². The lowest BCUT2D eigenvalue weighted by Crippen LogP contribution is -1.80. The molecule has 0 aromatic rings. The lowest BCUT2D eigenvalue weighted by molar-refractivity contribution is 0.425. The third-order valence-corrected chi connectivity index (χ3v) is 0.440. The Morgan fingerprint density at radius 1 is 2.00 bits per heavy atom. The zero-order valence-electron chi connectivity index (χ0n) is 3.77.